The van der Waals surface area contributed by atoms with Crippen molar-refractivity contribution >= 4 is 11.6 Å². The van der Waals surface area contributed by atoms with Crippen molar-refractivity contribution in [2.75, 3.05) is 0 Å². The number of pyridine rings is 1. The lowest BCUT2D eigenvalue weighted by Gasteiger charge is -2.10. The van der Waals surface area contributed by atoms with E-state index in [2.05, 4.69) is 15.0 Å². The number of aryl methyl sites for hydroxylation is 2. The van der Waals surface area contributed by atoms with Crippen LogP contribution in [0.2, 0.25) is 0 Å². The van der Waals surface area contributed by atoms with E-state index in [0.717, 1.165) is 5.56 Å². The first kappa shape index (κ1) is 17.8. The van der Waals surface area contributed by atoms with Gasteiger partial charge in [0.25, 0.3) is 5.91 Å². The molecule has 3 rings (SSSR count). The van der Waals surface area contributed by atoms with Gasteiger partial charge in [0.15, 0.2) is 0 Å². The number of aromatic nitrogens is 2. The highest BCUT2D eigenvalue weighted by Crippen LogP contribution is 2.22. The van der Waals surface area contributed by atoms with Crippen LogP contribution in [0.25, 0.3) is 5.65 Å². The molecule has 8 heteroatoms. The number of rotatable bonds is 4. The fourth-order valence-corrected chi connectivity index (χ4v) is 2.62. The molecule has 0 unspecified atom stereocenters. The zero-order chi connectivity index (χ0) is 18.9. The van der Waals surface area contributed by atoms with Gasteiger partial charge in [0.1, 0.15) is 17.1 Å². The molecule has 1 N–H and O–H groups in total. The van der Waals surface area contributed by atoms with Gasteiger partial charge in [-0.05, 0) is 43.2 Å². The number of imidazole rings is 1. The molecule has 0 saturated carbocycles. The lowest BCUT2D eigenvalue weighted by molar-refractivity contribution is -0.274. The molecule has 2 heterocycles. The number of hydrogen-bond donors (Lipinski definition) is 1. The molecule has 0 saturated heterocycles. The van der Waals surface area contributed by atoms with Crippen molar-refractivity contribution in [3.05, 3.63) is 65.1 Å². The first-order chi connectivity index (χ1) is 12.2. The molecule has 0 fully saturated rings. The van der Waals surface area contributed by atoms with Crippen molar-refractivity contribution in [2.45, 2.75) is 26.8 Å². The number of nitrogens with zero attached hydrogens (tertiary/aromatic N) is 2. The quantitative estimate of drug-likeness (QED) is 0.768. The van der Waals surface area contributed by atoms with Crippen LogP contribution in [0.15, 0.2) is 42.6 Å². The maximum absolute atomic E-state index is 12.5. The van der Waals surface area contributed by atoms with E-state index in [-0.39, 0.29) is 18.2 Å². The summed E-state index contributed by atoms with van der Waals surface area (Å²) >= 11 is 0. The summed E-state index contributed by atoms with van der Waals surface area (Å²) in [4.78, 5) is 16.9. The smallest absolute Gasteiger partial charge is 0.406 e. The molecule has 136 valence electrons. The minimum atomic E-state index is -4.73. The maximum Gasteiger partial charge on any atom is 0.573 e. The Balaban J connectivity index is 1.71. The summed E-state index contributed by atoms with van der Waals surface area (Å²) in [5.41, 5.74) is 3.34. The second-order valence-corrected chi connectivity index (χ2v) is 5.85. The number of fused-ring (bicyclic) bond motifs is 1. The number of halogens is 3. The fourth-order valence-electron chi connectivity index (χ4n) is 2.62. The monoisotopic (exact) mass is 363 g/mol. The van der Waals surface area contributed by atoms with E-state index in [1.165, 1.54) is 24.3 Å². The third kappa shape index (κ3) is 3.96. The molecule has 0 aliphatic carbocycles. The molecule has 0 radical (unpaired) electrons. The molecule has 26 heavy (non-hydrogen) atoms. The van der Waals surface area contributed by atoms with Crippen LogP contribution >= 0.6 is 0 Å². The van der Waals surface area contributed by atoms with Crippen LogP contribution in [0.1, 0.15) is 27.3 Å². The summed E-state index contributed by atoms with van der Waals surface area (Å²) in [5, 5.41) is 2.76. The minimum absolute atomic E-state index is 0.170. The van der Waals surface area contributed by atoms with Crippen LogP contribution in [0, 0.1) is 13.8 Å². The third-order valence-electron chi connectivity index (χ3n) is 3.77. The zero-order valence-electron chi connectivity index (χ0n) is 14.1. The van der Waals surface area contributed by atoms with Crippen molar-refractivity contribution in [3.63, 3.8) is 0 Å². The van der Waals surface area contributed by atoms with Crippen LogP contribution in [-0.4, -0.2) is 21.7 Å². The molecule has 0 atom stereocenters. The van der Waals surface area contributed by atoms with Crippen LogP contribution in [0.5, 0.6) is 5.75 Å². The van der Waals surface area contributed by atoms with Gasteiger partial charge >= 0.3 is 6.36 Å². The SMILES string of the molecule is Cc1ccc2nc(C)c(C(=O)NCc3ccc(OC(F)(F)F)cc3)n2c1. The first-order valence-corrected chi connectivity index (χ1v) is 7.81. The molecule has 0 aliphatic heterocycles. The van der Waals surface area contributed by atoms with Crippen LogP contribution in [0.3, 0.4) is 0 Å². The van der Waals surface area contributed by atoms with E-state index < -0.39 is 6.36 Å². The van der Waals surface area contributed by atoms with Crippen molar-refractivity contribution in [1.29, 1.82) is 0 Å². The summed E-state index contributed by atoms with van der Waals surface area (Å²) in [5.74, 6) is -0.614. The summed E-state index contributed by atoms with van der Waals surface area (Å²) in [6, 6.07) is 9.09. The number of hydrogen-bond acceptors (Lipinski definition) is 3. The standard InChI is InChI=1S/C18H16F3N3O2/c1-11-3-8-15-23-12(2)16(24(15)10-11)17(25)22-9-13-4-6-14(7-5-13)26-18(19,20)21/h3-8,10H,9H2,1-2H3,(H,22,25). The van der Waals surface area contributed by atoms with Gasteiger partial charge in [0.2, 0.25) is 0 Å². The molecular formula is C18H16F3N3O2. The van der Waals surface area contributed by atoms with Gasteiger partial charge in [0.05, 0.1) is 5.69 Å². The van der Waals surface area contributed by atoms with Crippen LogP contribution < -0.4 is 10.1 Å². The van der Waals surface area contributed by atoms with Crippen LogP contribution in [-0.2, 0) is 6.54 Å². The predicted octanol–water partition coefficient (Wildman–Crippen LogP) is 3.78. The minimum Gasteiger partial charge on any atom is -0.406 e. The fraction of sp³-hybridized carbons (Fsp3) is 0.222. The average Bonchev–Trinajstić information content (AvgIpc) is 2.87. The Labute approximate surface area is 147 Å². The summed E-state index contributed by atoms with van der Waals surface area (Å²) in [6.07, 6.45) is -2.90. The zero-order valence-corrected chi connectivity index (χ0v) is 14.1. The second-order valence-electron chi connectivity index (χ2n) is 5.85. The maximum atomic E-state index is 12.5. The molecule has 5 nitrogen and oxygen atoms in total. The number of nitrogens with one attached hydrogen (secondary N) is 1. The normalized spacial score (nSPS) is 11.6. The van der Waals surface area contributed by atoms with E-state index >= 15 is 0 Å². The van der Waals surface area contributed by atoms with E-state index in [1.807, 2.05) is 25.3 Å². The van der Waals surface area contributed by atoms with Crippen molar-refractivity contribution in [2.24, 2.45) is 0 Å². The van der Waals surface area contributed by atoms with Crippen molar-refractivity contribution in [3.8, 4) is 5.75 Å². The number of benzene rings is 1. The Kier molecular flexibility index (Phi) is 4.58. The molecule has 1 amide bonds. The van der Waals surface area contributed by atoms with Gasteiger partial charge < -0.3 is 10.1 Å². The molecule has 0 aliphatic rings. The number of amides is 1. The summed E-state index contributed by atoms with van der Waals surface area (Å²) in [6.45, 7) is 3.84. The average molecular weight is 363 g/mol. The number of carbonyl (C=O) groups is 1. The van der Waals surface area contributed by atoms with E-state index in [4.69, 9.17) is 0 Å². The van der Waals surface area contributed by atoms with Crippen LogP contribution in [0.4, 0.5) is 13.2 Å². The predicted molar refractivity (Wildman–Crippen MR) is 89.0 cm³/mol. The summed E-state index contributed by atoms with van der Waals surface area (Å²) < 4.78 is 42.0. The Hall–Kier alpha value is -3.03. The van der Waals surface area contributed by atoms with Gasteiger partial charge in [0, 0.05) is 12.7 Å². The number of ether oxygens (including phenoxy) is 1. The third-order valence-corrected chi connectivity index (χ3v) is 3.77. The highest BCUT2D eigenvalue weighted by atomic mass is 19.4. The lowest BCUT2D eigenvalue weighted by atomic mass is 10.2. The van der Waals surface area contributed by atoms with Crippen molar-refractivity contribution < 1.29 is 22.7 Å². The molecule has 1 aromatic carbocycles. The largest absolute Gasteiger partial charge is 0.573 e. The Morgan fingerprint density at radius 3 is 2.50 bits per heavy atom. The molecule has 0 bridgehead atoms. The summed E-state index contributed by atoms with van der Waals surface area (Å²) in [7, 11) is 0. The highest BCUT2D eigenvalue weighted by molar-refractivity contribution is 5.94. The molecule has 0 spiro atoms. The Morgan fingerprint density at radius 1 is 1.15 bits per heavy atom. The van der Waals surface area contributed by atoms with E-state index in [0.29, 0.717) is 22.6 Å². The van der Waals surface area contributed by atoms with Gasteiger partial charge in [-0.1, -0.05) is 18.2 Å². The number of carbonyl (C=O) groups excluding carboxylic acids is 1. The first-order valence-electron chi connectivity index (χ1n) is 7.81. The molecule has 3 aromatic rings. The van der Waals surface area contributed by atoms with E-state index in [9.17, 15) is 18.0 Å². The van der Waals surface area contributed by atoms with Gasteiger partial charge in [-0.2, -0.15) is 0 Å². The van der Waals surface area contributed by atoms with E-state index in [1.54, 1.807) is 11.3 Å². The number of alkyl halides is 3. The van der Waals surface area contributed by atoms with Gasteiger partial charge in [-0.3, -0.25) is 9.20 Å². The topological polar surface area (TPSA) is 55.6 Å². The molecule has 2 aromatic heterocycles. The van der Waals surface area contributed by atoms with Gasteiger partial charge in [-0.15, -0.1) is 13.2 Å². The Bertz CT molecular complexity index is 947. The Morgan fingerprint density at radius 2 is 1.85 bits per heavy atom. The second kappa shape index (κ2) is 6.70. The molecular weight excluding hydrogens is 347 g/mol. The highest BCUT2D eigenvalue weighted by Gasteiger charge is 2.30. The van der Waals surface area contributed by atoms with Gasteiger partial charge in [-0.25, -0.2) is 4.98 Å². The lowest BCUT2D eigenvalue weighted by Crippen LogP contribution is -2.25. The van der Waals surface area contributed by atoms with Crippen molar-refractivity contribution in [1.82, 2.24) is 14.7 Å².